The molecule has 7 nitrogen and oxygen atoms in total. The van der Waals surface area contributed by atoms with Crippen molar-refractivity contribution in [3.8, 4) is 6.07 Å². The van der Waals surface area contributed by atoms with Crippen LogP contribution in [-0.4, -0.2) is 33.5 Å². The Morgan fingerprint density at radius 1 is 1.14 bits per heavy atom. The van der Waals surface area contributed by atoms with Crippen LogP contribution in [0.25, 0.3) is 0 Å². The molecule has 190 valence electrons. The smallest absolute Gasteiger partial charge is 0.248 e. The molecular weight excluding hydrogens is 452 g/mol. The van der Waals surface area contributed by atoms with Crippen LogP contribution in [0.1, 0.15) is 82.9 Å². The number of aromatic nitrogens is 1. The molecule has 36 heavy (non-hydrogen) atoms. The summed E-state index contributed by atoms with van der Waals surface area (Å²) in [6.07, 6.45) is 8.99. The number of nitriles is 1. The molecule has 0 aliphatic heterocycles. The molecule has 2 N–H and O–H groups in total. The number of benzene rings is 1. The normalized spacial score (nSPS) is 23.1. The van der Waals surface area contributed by atoms with Gasteiger partial charge in [-0.25, -0.2) is 0 Å². The van der Waals surface area contributed by atoms with Gasteiger partial charge in [-0.3, -0.25) is 19.5 Å². The van der Waals surface area contributed by atoms with E-state index in [-0.39, 0.29) is 23.8 Å². The molecule has 2 aromatic rings. The van der Waals surface area contributed by atoms with Gasteiger partial charge in [0, 0.05) is 29.7 Å². The molecule has 1 aromatic heterocycles. The van der Waals surface area contributed by atoms with Gasteiger partial charge < -0.3 is 10.4 Å². The molecule has 2 saturated carbocycles. The second kappa shape index (κ2) is 10.4. The van der Waals surface area contributed by atoms with Gasteiger partial charge in [-0.15, -0.1) is 0 Å². The minimum absolute atomic E-state index is 0.0605. The SMILES string of the molecule is CC(C)(C)c1ccc(N(C(=O)C2CCC2(O)C#N)C(C(=O)NC2CCCCC2)c2cccnc2)cc1. The number of nitrogens with one attached hydrogen (secondary N) is 1. The summed E-state index contributed by atoms with van der Waals surface area (Å²) < 4.78 is 0. The first kappa shape index (κ1) is 25.8. The van der Waals surface area contributed by atoms with Gasteiger partial charge in [-0.2, -0.15) is 5.26 Å². The van der Waals surface area contributed by atoms with E-state index < -0.39 is 23.5 Å². The lowest BCUT2D eigenvalue weighted by Gasteiger charge is -2.43. The van der Waals surface area contributed by atoms with Crippen LogP contribution in [-0.2, 0) is 15.0 Å². The standard InChI is InChI=1S/C29H36N4O3/c1-28(2,3)21-11-13-23(14-12-21)33(27(35)24-15-16-29(24,36)19-30)25(20-8-7-17-31-18-20)26(34)32-22-9-5-4-6-10-22/h7-8,11-14,17-18,22,24-25,36H,4-6,9-10,15-16H2,1-3H3,(H,32,34). The maximum atomic E-state index is 14.0. The Morgan fingerprint density at radius 3 is 2.36 bits per heavy atom. The van der Waals surface area contributed by atoms with Crippen molar-refractivity contribution in [3.63, 3.8) is 0 Å². The fourth-order valence-electron chi connectivity index (χ4n) is 5.20. The Kier molecular flexibility index (Phi) is 7.46. The Labute approximate surface area is 213 Å². The molecule has 0 bridgehead atoms. The van der Waals surface area contributed by atoms with Crippen molar-refractivity contribution in [1.29, 1.82) is 5.26 Å². The average molecular weight is 489 g/mol. The first-order valence-corrected chi connectivity index (χ1v) is 12.9. The van der Waals surface area contributed by atoms with Crippen molar-refractivity contribution in [2.24, 2.45) is 5.92 Å². The van der Waals surface area contributed by atoms with Gasteiger partial charge in [-0.1, -0.05) is 58.2 Å². The van der Waals surface area contributed by atoms with E-state index in [0.29, 0.717) is 17.7 Å². The summed E-state index contributed by atoms with van der Waals surface area (Å²) >= 11 is 0. The number of anilines is 1. The summed E-state index contributed by atoms with van der Waals surface area (Å²) in [5, 5.41) is 23.5. The molecule has 0 saturated heterocycles. The zero-order valence-electron chi connectivity index (χ0n) is 21.4. The molecule has 2 aliphatic rings. The van der Waals surface area contributed by atoms with E-state index >= 15 is 0 Å². The molecule has 4 rings (SSSR count). The number of pyridine rings is 1. The van der Waals surface area contributed by atoms with Gasteiger partial charge in [0.2, 0.25) is 11.8 Å². The molecule has 3 atom stereocenters. The van der Waals surface area contributed by atoms with Crippen LogP contribution >= 0.6 is 0 Å². The number of hydrogen-bond acceptors (Lipinski definition) is 5. The Morgan fingerprint density at radius 2 is 1.83 bits per heavy atom. The van der Waals surface area contributed by atoms with Crippen LogP contribution in [0.2, 0.25) is 0 Å². The molecule has 1 aromatic carbocycles. The summed E-state index contributed by atoms with van der Waals surface area (Å²) in [5.41, 5.74) is 0.427. The highest BCUT2D eigenvalue weighted by Gasteiger charge is 2.53. The van der Waals surface area contributed by atoms with E-state index in [1.807, 2.05) is 30.3 Å². The second-order valence-corrected chi connectivity index (χ2v) is 11.2. The molecule has 2 fully saturated rings. The fourth-order valence-corrected chi connectivity index (χ4v) is 5.20. The van der Waals surface area contributed by atoms with Gasteiger partial charge in [0.15, 0.2) is 5.60 Å². The number of rotatable bonds is 6. The third-order valence-corrected chi connectivity index (χ3v) is 7.59. The summed E-state index contributed by atoms with van der Waals surface area (Å²) in [6, 6.07) is 12.2. The predicted molar refractivity (Wildman–Crippen MR) is 138 cm³/mol. The van der Waals surface area contributed by atoms with Gasteiger partial charge >= 0.3 is 0 Å². The average Bonchev–Trinajstić information content (AvgIpc) is 2.86. The van der Waals surface area contributed by atoms with Crippen LogP contribution in [0.4, 0.5) is 5.69 Å². The van der Waals surface area contributed by atoms with Gasteiger partial charge in [0.25, 0.3) is 0 Å². The van der Waals surface area contributed by atoms with Crippen molar-refractivity contribution in [1.82, 2.24) is 10.3 Å². The highest BCUT2D eigenvalue weighted by molar-refractivity contribution is 6.03. The van der Waals surface area contributed by atoms with E-state index in [2.05, 4.69) is 31.1 Å². The van der Waals surface area contributed by atoms with Gasteiger partial charge in [-0.05, 0) is 54.9 Å². The van der Waals surface area contributed by atoms with Crippen molar-refractivity contribution in [2.45, 2.75) is 88.8 Å². The van der Waals surface area contributed by atoms with Crippen LogP contribution in [0.15, 0.2) is 48.8 Å². The molecule has 2 amide bonds. The lowest BCUT2D eigenvalue weighted by atomic mass is 9.69. The summed E-state index contributed by atoms with van der Waals surface area (Å²) in [6.45, 7) is 6.34. The van der Waals surface area contributed by atoms with E-state index in [0.717, 1.165) is 37.7 Å². The second-order valence-electron chi connectivity index (χ2n) is 11.2. The highest BCUT2D eigenvalue weighted by Crippen LogP contribution is 2.42. The number of carbonyl (C=O) groups excluding carboxylic acids is 2. The molecule has 2 aliphatic carbocycles. The molecule has 7 heteroatoms. The molecular formula is C29H36N4O3. The maximum Gasteiger partial charge on any atom is 0.248 e. The third kappa shape index (κ3) is 5.29. The van der Waals surface area contributed by atoms with Crippen LogP contribution in [0.5, 0.6) is 0 Å². The largest absolute Gasteiger partial charge is 0.375 e. The number of hydrogen-bond donors (Lipinski definition) is 2. The van der Waals surface area contributed by atoms with Crippen LogP contribution < -0.4 is 10.2 Å². The quantitative estimate of drug-likeness (QED) is 0.580. The topological polar surface area (TPSA) is 106 Å². The Hall–Kier alpha value is -3.24. The third-order valence-electron chi connectivity index (χ3n) is 7.59. The fraction of sp³-hybridized carbons (Fsp3) is 0.517. The first-order valence-electron chi connectivity index (χ1n) is 12.9. The molecule has 0 spiro atoms. The first-order chi connectivity index (χ1) is 17.1. The van der Waals surface area contributed by atoms with Crippen molar-refractivity contribution in [2.75, 3.05) is 4.90 Å². The number of amides is 2. The van der Waals surface area contributed by atoms with Crippen molar-refractivity contribution >= 4 is 17.5 Å². The lowest BCUT2D eigenvalue weighted by Crippen LogP contribution is -2.57. The van der Waals surface area contributed by atoms with Crippen molar-refractivity contribution in [3.05, 3.63) is 59.9 Å². The maximum absolute atomic E-state index is 14.0. The summed E-state index contributed by atoms with van der Waals surface area (Å²) in [7, 11) is 0. The lowest BCUT2D eigenvalue weighted by molar-refractivity contribution is -0.140. The van der Waals surface area contributed by atoms with E-state index in [4.69, 9.17) is 0 Å². The predicted octanol–water partition coefficient (Wildman–Crippen LogP) is 4.57. The van der Waals surface area contributed by atoms with E-state index in [1.165, 1.54) is 4.90 Å². The minimum Gasteiger partial charge on any atom is -0.375 e. The van der Waals surface area contributed by atoms with Gasteiger partial charge in [0.05, 0.1) is 12.0 Å². The van der Waals surface area contributed by atoms with Crippen molar-refractivity contribution < 1.29 is 14.7 Å². The van der Waals surface area contributed by atoms with Crippen LogP contribution in [0, 0.1) is 17.2 Å². The zero-order chi connectivity index (χ0) is 25.9. The molecule has 3 unspecified atom stereocenters. The highest BCUT2D eigenvalue weighted by atomic mass is 16.3. The summed E-state index contributed by atoms with van der Waals surface area (Å²) in [5.74, 6) is -1.60. The monoisotopic (exact) mass is 488 g/mol. The number of nitrogens with zero attached hydrogens (tertiary/aromatic N) is 3. The van der Waals surface area contributed by atoms with E-state index in [9.17, 15) is 20.0 Å². The van der Waals surface area contributed by atoms with Gasteiger partial charge in [0.1, 0.15) is 6.04 Å². The molecule has 1 heterocycles. The Bertz CT molecular complexity index is 1110. The zero-order valence-corrected chi connectivity index (χ0v) is 21.4. The Balaban J connectivity index is 1.77. The molecule has 0 radical (unpaired) electrons. The summed E-state index contributed by atoms with van der Waals surface area (Å²) in [4.78, 5) is 33.6. The minimum atomic E-state index is -1.72. The van der Waals surface area contributed by atoms with E-state index in [1.54, 1.807) is 24.5 Å². The number of aliphatic hydroxyl groups is 1. The van der Waals surface area contributed by atoms with Crippen LogP contribution in [0.3, 0.4) is 0 Å². The number of carbonyl (C=O) groups is 2.